The molecule has 0 unspecified atom stereocenters. The number of benzene rings is 2. The van der Waals surface area contributed by atoms with Crippen molar-refractivity contribution in [2.45, 2.75) is 13.0 Å². The Balaban J connectivity index is 1.68. The van der Waals surface area contributed by atoms with E-state index in [9.17, 15) is 22.8 Å². The summed E-state index contributed by atoms with van der Waals surface area (Å²) in [7, 11) is 0. The predicted octanol–water partition coefficient (Wildman–Crippen LogP) is 3.78. The lowest BCUT2D eigenvalue weighted by molar-refractivity contribution is 0.140. The van der Waals surface area contributed by atoms with Crippen molar-refractivity contribution >= 4 is 23.5 Å². The van der Waals surface area contributed by atoms with Gasteiger partial charge in [0, 0.05) is 36.6 Å². The quantitative estimate of drug-likeness (QED) is 0.709. The Morgan fingerprint density at radius 2 is 1.62 bits per heavy atom. The van der Waals surface area contributed by atoms with Crippen LogP contribution in [-0.2, 0) is 13.0 Å². The highest BCUT2D eigenvalue weighted by Gasteiger charge is 2.20. The van der Waals surface area contributed by atoms with Crippen LogP contribution >= 0.6 is 0 Å². The Hall–Kier alpha value is -3.23. The van der Waals surface area contributed by atoms with E-state index in [0.717, 1.165) is 11.1 Å². The highest BCUT2D eigenvalue weighted by Crippen LogP contribution is 2.23. The molecule has 1 aliphatic heterocycles. The minimum Gasteiger partial charge on any atom is -0.465 e. The molecule has 1 heterocycles. The van der Waals surface area contributed by atoms with Gasteiger partial charge in [-0.05, 0) is 29.7 Å². The molecule has 2 aromatic rings. The first-order valence-corrected chi connectivity index (χ1v) is 7.65. The zero-order chi connectivity index (χ0) is 18.8. The number of halogens is 3. The molecule has 9 heteroatoms. The molecule has 0 saturated carbocycles. The summed E-state index contributed by atoms with van der Waals surface area (Å²) in [6, 6.07) is 5.60. The second-order valence-corrected chi connectivity index (χ2v) is 5.77. The molecule has 136 valence electrons. The fourth-order valence-electron chi connectivity index (χ4n) is 2.72. The summed E-state index contributed by atoms with van der Waals surface area (Å²) in [5.41, 5.74) is 1.95. The van der Waals surface area contributed by atoms with Crippen LogP contribution in [0.25, 0.3) is 0 Å². The largest absolute Gasteiger partial charge is 0.465 e. The number of hydrogen-bond donors (Lipinski definition) is 3. The van der Waals surface area contributed by atoms with E-state index in [0.29, 0.717) is 30.8 Å². The van der Waals surface area contributed by atoms with Crippen LogP contribution in [-0.4, -0.2) is 28.7 Å². The van der Waals surface area contributed by atoms with Gasteiger partial charge in [0.15, 0.2) is 17.5 Å². The van der Waals surface area contributed by atoms with Gasteiger partial charge in [0.2, 0.25) is 0 Å². The average Bonchev–Trinajstić information content (AvgIpc) is 2.58. The number of carbonyl (C=O) groups is 2. The van der Waals surface area contributed by atoms with Gasteiger partial charge in [-0.1, -0.05) is 6.07 Å². The third kappa shape index (κ3) is 3.71. The third-order valence-electron chi connectivity index (χ3n) is 3.99. The third-order valence-corrected chi connectivity index (χ3v) is 3.99. The van der Waals surface area contributed by atoms with E-state index in [4.69, 9.17) is 5.11 Å². The molecule has 0 aliphatic carbocycles. The van der Waals surface area contributed by atoms with Crippen molar-refractivity contribution < 1.29 is 27.9 Å². The van der Waals surface area contributed by atoms with Crippen LogP contribution in [0.1, 0.15) is 11.1 Å². The Morgan fingerprint density at radius 3 is 2.27 bits per heavy atom. The van der Waals surface area contributed by atoms with E-state index in [-0.39, 0.29) is 12.2 Å². The summed E-state index contributed by atoms with van der Waals surface area (Å²) in [6.07, 6.45) is -0.483. The molecular weight excluding hydrogens is 351 g/mol. The second kappa shape index (κ2) is 6.95. The number of fused-ring (bicyclic) bond motifs is 1. The van der Waals surface area contributed by atoms with Crippen molar-refractivity contribution in [3.63, 3.8) is 0 Å². The van der Waals surface area contributed by atoms with Crippen molar-refractivity contribution in [1.29, 1.82) is 0 Å². The predicted molar refractivity (Wildman–Crippen MR) is 87.5 cm³/mol. The van der Waals surface area contributed by atoms with E-state index < -0.39 is 29.6 Å². The van der Waals surface area contributed by atoms with Gasteiger partial charge in [0.05, 0.1) is 0 Å². The van der Waals surface area contributed by atoms with Crippen molar-refractivity contribution in [2.75, 3.05) is 17.2 Å². The minimum atomic E-state index is -1.61. The van der Waals surface area contributed by atoms with Gasteiger partial charge < -0.3 is 20.6 Å². The summed E-state index contributed by atoms with van der Waals surface area (Å²) in [5.74, 6) is -4.42. The fourth-order valence-corrected chi connectivity index (χ4v) is 2.72. The maximum absolute atomic E-state index is 13.2. The number of hydrogen-bond acceptors (Lipinski definition) is 2. The Kier molecular flexibility index (Phi) is 4.70. The first-order valence-electron chi connectivity index (χ1n) is 7.65. The molecule has 3 amide bonds. The van der Waals surface area contributed by atoms with Crippen molar-refractivity contribution in [2.24, 2.45) is 0 Å². The molecule has 2 aromatic carbocycles. The molecule has 0 radical (unpaired) electrons. The highest BCUT2D eigenvalue weighted by molar-refractivity contribution is 5.99. The lowest BCUT2D eigenvalue weighted by Crippen LogP contribution is -2.34. The van der Waals surface area contributed by atoms with Gasteiger partial charge in [-0.25, -0.2) is 22.8 Å². The smallest absolute Gasteiger partial charge is 0.407 e. The number of nitrogens with one attached hydrogen (secondary N) is 2. The molecule has 0 saturated heterocycles. The topological polar surface area (TPSA) is 81.7 Å². The van der Waals surface area contributed by atoms with Gasteiger partial charge in [0.1, 0.15) is 0 Å². The van der Waals surface area contributed by atoms with Crippen molar-refractivity contribution in [3.05, 3.63) is 58.9 Å². The monoisotopic (exact) mass is 365 g/mol. The van der Waals surface area contributed by atoms with Crippen molar-refractivity contribution in [3.8, 4) is 0 Å². The molecule has 0 aromatic heterocycles. The average molecular weight is 365 g/mol. The lowest BCUT2D eigenvalue weighted by Gasteiger charge is -2.26. The molecular formula is C17H14F3N3O3. The summed E-state index contributed by atoms with van der Waals surface area (Å²) in [4.78, 5) is 24.2. The van der Waals surface area contributed by atoms with E-state index >= 15 is 0 Å². The molecule has 0 spiro atoms. The normalized spacial score (nSPS) is 13.1. The SMILES string of the molecule is O=C(Nc1cc(F)c(F)c(F)c1)Nc1ccc2c(c1)CCN(C(=O)O)C2. The summed E-state index contributed by atoms with van der Waals surface area (Å²) in [5, 5.41) is 13.7. The van der Waals surface area contributed by atoms with Crippen LogP contribution in [0.3, 0.4) is 0 Å². The second-order valence-electron chi connectivity index (χ2n) is 5.77. The van der Waals surface area contributed by atoms with Gasteiger partial charge >= 0.3 is 12.1 Å². The fraction of sp³-hybridized carbons (Fsp3) is 0.176. The molecule has 26 heavy (non-hydrogen) atoms. The highest BCUT2D eigenvalue weighted by atomic mass is 19.2. The van der Waals surface area contributed by atoms with Gasteiger partial charge in [-0.3, -0.25) is 0 Å². The maximum Gasteiger partial charge on any atom is 0.407 e. The number of urea groups is 1. The number of carbonyl (C=O) groups excluding carboxylic acids is 1. The molecule has 3 rings (SSSR count). The number of amides is 3. The maximum atomic E-state index is 13.2. The van der Waals surface area contributed by atoms with Crippen LogP contribution in [0.5, 0.6) is 0 Å². The Labute approximate surface area is 146 Å². The molecule has 6 nitrogen and oxygen atoms in total. The number of rotatable bonds is 2. The van der Waals surface area contributed by atoms with Gasteiger partial charge in [-0.15, -0.1) is 0 Å². The number of nitrogens with zero attached hydrogens (tertiary/aromatic N) is 1. The molecule has 1 aliphatic rings. The van der Waals surface area contributed by atoms with Crippen LogP contribution in [0.15, 0.2) is 30.3 Å². The molecule has 3 N–H and O–H groups in total. The standard InChI is InChI=1S/C17H14F3N3O3/c18-13-6-12(7-14(19)15(13)20)22-16(24)21-11-2-1-10-8-23(17(25)26)4-3-9(10)5-11/h1-2,5-7H,3-4,8H2,(H,25,26)(H2,21,22,24). The lowest BCUT2D eigenvalue weighted by atomic mass is 9.99. The minimum absolute atomic E-state index is 0.228. The summed E-state index contributed by atoms with van der Waals surface area (Å²) < 4.78 is 39.2. The first kappa shape index (κ1) is 17.6. The van der Waals surface area contributed by atoms with Crippen LogP contribution in [0.4, 0.5) is 34.1 Å². The van der Waals surface area contributed by atoms with E-state index in [1.807, 2.05) is 0 Å². The number of anilines is 2. The summed E-state index contributed by atoms with van der Waals surface area (Å²) >= 11 is 0. The number of carboxylic acid groups (broad SMARTS) is 1. The molecule has 0 bridgehead atoms. The van der Waals surface area contributed by atoms with Gasteiger partial charge in [-0.2, -0.15) is 0 Å². The van der Waals surface area contributed by atoms with Crippen LogP contribution in [0, 0.1) is 17.5 Å². The molecule has 0 atom stereocenters. The van der Waals surface area contributed by atoms with Crippen LogP contribution < -0.4 is 10.6 Å². The van der Waals surface area contributed by atoms with Crippen LogP contribution in [0.2, 0.25) is 0 Å². The van der Waals surface area contributed by atoms with Gasteiger partial charge in [0.25, 0.3) is 0 Å². The first-order chi connectivity index (χ1) is 12.3. The molecule has 0 fully saturated rings. The Bertz CT molecular complexity index is 866. The van der Waals surface area contributed by atoms with E-state index in [1.54, 1.807) is 18.2 Å². The Morgan fingerprint density at radius 1 is 0.962 bits per heavy atom. The summed E-state index contributed by atoms with van der Waals surface area (Å²) in [6.45, 7) is 0.622. The zero-order valence-electron chi connectivity index (χ0n) is 13.4. The van der Waals surface area contributed by atoms with Crippen molar-refractivity contribution in [1.82, 2.24) is 4.90 Å². The zero-order valence-corrected chi connectivity index (χ0v) is 13.4. The van der Waals surface area contributed by atoms with E-state index in [2.05, 4.69) is 10.6 Å². The van der Waals surface area contributed by atoms with E-state index in [1.165, 1.54) is 4.90 Å².